The number of carbonyl (C=O) groups is 2. The summed E-state index contributed by atoms with van der Waals surface area (Å²) in [6.45, 7) is 7.05. The first kappa shape index (κ1) is 18.2. The molecule has 0 saturated heterocycles. The van der Waals surface area contributed by atoms with E-state index in [2.05, 4.69) is 34.9 Å². The summed E-state index contributed by atoms with van der Waals surface area (Å²) in [6, 6.07) is 8.22. The lowest BCUT2D eigenvalue weighted by Crippen LogP contribution is -2.37. The third-order valence-corrected chi connectivity index (χ3v) is 3.86. The Kier molecular flexibility index (Phi) is 8.26. The number of nitrogens with one attached hydrogen (secondary N) is 2. The molecule has 22 heavy (non-hydrogen) atoms. The van der Waals surface area contributed by atoms with Crippen LogP contribution in [0.5, 0.6) is 0 Å². The van der Waals surface area contributed by atoms with Gasteiger partial charge in [0.1, 0.15) is 0 Å². The van der Waals surface area contributed by atoms with Crippen molar-refractivity contribution in [2.75, 3.05) is 13.1 Å². The molecule has 0 heterocycles. The summed E-state index contributed by atoms with van der Waals surface area (Å²) in [5.74, 6) is 0.188. The summed E-state index contributed by atoms with van der Waals surface area (Å²) in [7, 11) is 0. The van der Waals surface area contributed by atoms with Crippen molar-refractivity contribution in [2.45, 2.75) is 46.5 Å². The number of carbonyl (C=O) groups excluding carboxylic acids is 2. The fourth-order valence-electron chi connectivity index (χ4n) is 2.29. The van der Waals surface area contributed by atoms with Crippen LogP contribution in [0, 0.1) is 12.8 Å². The van der Waals surface area contributed by atoms with Crippen LogP contribution in [0.3, 0.4) is 0 Å². The summed E-state index contributed by atoms with van der Waals surface area (Å²) < 4.78 is 0. The molecule has 1 rings (SSSR count). The molecular formula is C18H28N2O2. The molecule has 0 saturated carbocycles. The van der Waals surface area contributed by atoms with Crippen LogP contribution in [0.1, 0.15) is 44.2 Å². The maximum atomic E-state index is 11.8. The smallest absolute Gasteiger partial charge is 0.223 e. The monoisotopic (exact) mass is 304 g/mol. The summed E-state index contributed by atoms with van der Waals surface area (Å²) in [6.07, 6.45) is 2.92. The Morgan fingerprint density at radius 1 is 1.00 bits per heavy atom. The molecule has 1 aromatic rings. The van der Waals surface area contributed by atoms with Crippen molar-refractivity contribution in [3.8, 4) is 0 Å². The number of aryl methyl sites for hydroxylation is 2. The van der Waals surface area contributed by atoms with Crippen LogP contribution in [0.15, 0.2) is 24.3 Å². The van der Waals surface area contributed by atoms with Crippen molar-refractivity contribution in [1.82, 2.24) is 10.6 Å². The van der Waals surface area contributed by atoms with E-state index in [1.807, 2.05) is 20.8 Å². The Morgan fingerprint density at radius 2 is 1.59 bits per heavy atom. The molecule has 2 N–H and O–H groups in total. The standard InChI is InChI=1S/C18H28N2O2/c1-4-16(5-2)18(22)20-13-12-19-17(21)11-10-15-8-6-14(3)7-9-15/h6-9,16H,4-5,10-13H2,1-3H3,(H,19,21)(H,20,22). The van der Waals surface area contributed by atoms with Gasteiger partial charge in [-0.2, -0.15) is 0 Å². The molecule has 0 aliphatic heterocycles. The van der Waals surface area contributed by atoms with Crippen molar-refractivity contribution in [1.29, 1.82) is 0 Å². The van der Waals surface area contributed by atoms with Gasteiger partial charge in [-0.3, -0.25) is 9.59 Å². The Bertz CT molecular complexity index is 464. The molecule has 0 radical (unpaired) electrons. The fourth-order valence-corrected chi connectivity index (χ4v) is 2.29. The number of rotatable bonds is 9. The van der Waals surface area contributed by atoms with Gasteiger partial charge in [0.2, 0.25) is 11.8 Å². The molecular weight excluding hydrogens is 276 g/mol. The third-order valence-electron chi connectivity index (χ3n) is 3.86. The maximum Gasteiger partial charge on any atom is 0.223 e. The zero-order valence-electron chi connectivity index (χ0n) is 13.9. The van der Waals surface area contributed by atoms with Crippen molar-refractivity contribution >= 4 is 11.8 Å². The average Bonchev–Trinajstić information content (AvgIpc) is 2.52. The predicted octanol–water partition coefficient (Wildman–Crippen LogP) is 2.60. The van der Waals surface area contributed by atoms with Gasteiger partial charge >= 0.3 is 0 Å². The minimum absolute atomic E-state index is 0.0253. The Morgan fingerprint density at radius 3 is 2.18 bits per heavy atom. The van der Waals surface area contributed by atoms with Gasteiger partial charge in [0, 0.05) is 25.4 Å². The highest BCUT2D eigenvalue weighted by Crippen LogP contribution is 2.07. The van der Waals surface area contributed by atoms with Gasteiger partial charge in [-0.25, -0.2) is 0 Å². The highest BCUT2D eigenvalue weighted by molar-refractivity contribution is 5.79. The molecule has 2 amide bonds. The van der Waals surface area contributed by atoms with Crippen molar-refractivity contribution in [3.63, 3.8) is 0 Å². The molecule has 0 aliphatic rings. The van der Waals surface area contributed by atoms with Crippen LogP contribution in [0.25, 0.3) is 0 Å². The lowest BCUT2D eigenvalue weighted by atomic mass is 10.0. The number of hydrogen-bond donors (Lipinski definition) is 2. The highest BCUT2D eigenvalue weighted by Gasteiger charge is 2.12. The normalized spacial score (nSPS) is 10.5. The van der Waals surface area contributed by atoms with E-state index in [1.165, 1.54) is 11.1 Å². The lowest BCUT2D eigenvalue weighted by molar-refractivity contribution is -0.125. The van der Waals surface area contributed by atoms with Gasteiger partial charge in [0.15, 0.2) is 0 Å². The quantitative estimate of drug-likeness (QED) is 0.689. The van der Waals surface area contributed by atoms with E-state index in [1.54, 1.807) is 0 Å². The van der Waals surface area contributed by atoms with E-state index in [-0.39, 0.29) is 17.7 Å². The lowest BCUT2D eigenvalue weighted by Gasteiger charge is -2.13. The van der Waals surface area contributed by atoms with E-state index in [0.29, 0.717) is 19.5 Å². The first-order valence-corrected chi connectivity index (χ1v) is 8.16. The Labute approximate surface area is 133 Å². The summed E-state index contributed by atoms with van der Waals surface area (Å²) in [5.41, 5.74) is 2.39. The second kappa shape index (κ2) is 9.98. The van der Waals surface area contributed by atoms with E-state index in [4.69, 9.17) is 0 Å². The molecule has 0 spiro atoms. The molecule has 0 aliphatic carbocycles. The minimum Gasteiger partial charge on any atom is -0.354 e. The highest BCUT2D eigenvalue weighted by atomic mass is 16.2. The Balaban J connectivity index is 2.16. The van der Waals surface area contributed by atoms with Gasteiger partial charge in [-0.15, -0.1) is 0 Å². The van der Waals surface area contributed by atoms with Crippen LogP contribution in [0.2, 0.25) is 0 Å². The molecule has 4 nitrogen and oxygen atoms in total. The van der Waals surface area contributed by atoms with Gasteiger partial charge in [-0.05, 0) is 31.7 Å². The van der Waals surface area contributed by atoms with Crippen molar-refractivity contribution in [3.05, 3.63) is 35.4 Å². The van der Waals surface area contributed by atoms with Gasteiger partial charge < -0.3 is 10.6 Å². The molecule has 0 bridgehead atoms. The SMILES string of the molecule is CCC(CC)C(=O)NCCNC(=O)CCc1ccc(C)cc1. The fraction of sp³-hybridized carbons (Fsp3) is 0.556. The van der Waals surface area contributed by atoms with E-state index >= 15 is 0 Å². The first-order valence-electron chi connectivity index (χ1n) is 8.16. The second-order valence-corrected chi connectivity index (χ2v) is 5.64. The van der Waals surface area contributed by atoms with E-state index < -0.39 is 0 Å². The first-order chi connectivity index (χ1) is 10.6. The average molecular weight is 304 g/mol. The molecule has 0 aromatic heterocycles. The topological polar surface area (TPSA) is 58.2 Å². The number of amides is 2. The summed E-state index contributed by atoms with van der Waals surface area (Å²) in [4.78, 5) is 23.5. The van der Waals surface area contributed by atoms with Crippen LogP contribution in [-0.2, 0) is 16.0 Å². The van der Waals surface area contributed by atoms with Gasteiger partial charge in [0.25, 0.3) is 0 Å². The molecule has 0 unspecified atom stereocenters. The molecule has 4 heteroatoms. The number of benzene rings is 1. The van der Waals surface area contributed by atoms with Crippen LogP contribution >= 0.6 is 0 Å². The second-order valence-electron chi connectivity index (χ2n) is 5.64. The minimum atomic E-state index is 0.0253. The van der Waals surface area contributed by atoms with E-state index in [9.17, 15) is 9.59 Å². The maximum absolute atomic E-state index is 11.8. The largest absolute Gasteiger partial charge is 0.354 e. The van der Waals surface area contributed by atoms with E-state index in [0.717, 1.165) is 19.3 Å². The number of hydrogen-bond acceptors (Lipinski definition) is 2. The molecule has 122 valence electrons. The van der Waals surface area contributed by atoms with Crippen molar-refractivity contribution < 1.29 is 9.59 Å². The molecule has 1 aromatic carbocycles. The molecule has 0 atom stereocenters. The Hall–Kier alpha value is -1.84. The van der Waals surface area contributed by atoms with Gasteiger partial charge in [0.05, 0.1) is 0 Å². The molecule has 0 fully saturated rings. The van der Waals surface area contributed by atoms with Gasteiger partial charge in [-0.1, -0.05) is 43.7 Å². The van der Waals surface area contributed by atoms with Crippen LogP contribution in [-0.4, -0.2) is 24.9 Å². The zero-order valence-corrected chi connectivity index (χ0v) is 13.9. The predicted molar refractivity (Wildman–Crippen MR) is 89.6 cm³/mol. The summed E-state index contributed by atoms with van der Waals surface area (Å²) >= 11 is 0. The summed E-state index contributed by atoms with van der Waals surface area (Å²) in [5, 5.41) is 5.71. The van der Waals surface area contributed by atoms with Crippen LogP contribution in [0.4, 0.5) is 0 Å². The van der Waals surface area contributed by atoms with Crippen LogP contribution < -0.4 is 10.6 Å². The zero-order chi connectivity index (χ0) is 16.4. The van der Waals surface area contributed by atoms with Crippen molar-refractivity contribution in [2.24, 2.45) is 5.92 Å². The third kappa shape index (κ3) is 6.74.